The lowest BCUT2D eigenvalue weighted by Gasteiger charge is -2.22. The van der Waals surface area contributed by atoms with Crippen LogP contribution in [0.5, 0.6) is 11.5 Å². The topological polar surface area (TPSA) is 66.8 Å². The molecule has 1 aliphatic heterocycles. The van der Waals surface area contributed by atoms with Crippen molar-refractivity contribution < 1.29 is 18.3 Å². The fraction of sp³-hybridized carbons (Fsp3) is 0.455. The van der Waals surface area contributed by atoms with E-state index in [0.717, 1.165) is 43.6 Å². The summed E-state index contributed by atoms with van der Waals surface area (Å²) in [4.78, 5) is 2.73. The molecule has 0 aliphatic carbocycles. The van der Waals surface area contributed by atoms with Crippen molar-refractivity contribution >= 4 is 9.84 Å². The Morgan fingerprint density at radius 2 is 1.79 bits per heavy atom. The molecule has 0 unspecified atom stereocenters. The number of phenolic OH excluding ortho intramolecular Hbond substituents is 1. The molecule has 152 valence electrons. The van der Waals surface area contributed by atoms with Crippen LogP contribution in [0.25, 0.3) is 0 Å². The van der Waals surface area contributed by atoms with Gasteiger partial charge in [0.05, 0.1) is 4.90 Å². The van der Waals surface area contributed by atoms with Gasteiger partial charge in [-0.25, -0.2) is 8.42 Å². The maximum absolute atomic E-state index is 11.7. The van der Waals surface area contributed by atoms with Gasteiger partial charge in [0.2, 0.25) is 0 Å². The van der Waals surface area contributed by atoms with Gasteiger partial charge in [0.25, 0.3) is 0 Å². The number of benzene rings is 2. The molecule has 0 atom stereocenters. The van der Waals surface area contributed by atoms with E-state index >= 15 is 0 Å². The van der Waals surface area contributed by atoms with Gasteiger partial charge < -0.3 is 9.84 Å². The average molecular weight is 404 g/mol. The number of hydrogen-bond donors (Lipinski definition) is 1. The molecule has 3 rings (SSSR count). The third-order valence-electron chi connectivity index (χ3n) is 4.77. The van der Waals surface area contributed by atoms with Crippen molar-refractivity contribution in [3.63, 3.8) is 0 Å². The van der Waals surface area contributed by atoms with Crippen LogP contribution in [0.1, 0.15) is 43.9 Å². The molecule has 1 heterocycles. The zero-order chi connectivity index (χ0) is 20.5. The minimum atomic E-state index is -3.17. The molecule has 0 fully saturated rings. The molecule has 28 heavy (non-hydrogen) atoms. The summed E-state index contributed by atoms with van der Waals surface area (Å²) in [5.74, 6) is 0.683. The van der Waals surface area contributed by atoms with Gasteiger partial charge in [-0.3, -0.25) is 4.90 Å². The van der Waals surface area contributed by atoms with E-state index in [1.165, 1.54) is 11.8 Å². The van der Waals surface area contributed by atoms with Crippen LogP contribution in [-0.4, -0.2) is 36.8 Å². The van der Waals surface area contributed by atoms with Crippen molar-refractivity contribution in [2.45, 2.75) is 57.2 Å². The fourth-order valence-electron chi connectivity index (χ4n) is 3.46. The van der Waals surface area contributed by atoms with Crippen molar-refractivity contribution in [3.8, 4) is 11.5 Å². The summed E-state index contributed by atoms with van der Waals surface area (Å²) in [6, 6.07) is 11.0. The van der Waals surface area contributed by atoms with Crippen LogP contribution < -0.4 is 4.74 Å². The van der Waals surface area contributed by atoms with Crippen LogP contribution in [-0.2, 0) is 29.3 Å². The van der Waals surface area contributed by atoms with Crippen LogP contribution in [0.15, 0.2) is 41.3 Å². The predicted octanol–water partition coefficient (Wildman–Crippen LogP) is 3.92. The van der Waals surface area contributed by atoms with Crippen LogP contribution in [0.2, 0.25) is 0 Å². The largest absolute Gasteiger partial charge is 0.504 e. The summed E-state index contributed by atoms with van der Waals surface area (Å²) >= 11 is 0. The SMILES string of the molecule is CC(C)(C)Oc1cc(CCCN2Cc3ccc(S(C)(=O)=O)cc3C2)ccc1O. The molecule has 0 bridgehead atoms. The van der Waals surface area contributed by atoms with Crippen molar-refractivity contribution in [2.75, 3.05) is 12.8 Å². The highest BCUT2D eigenvalue weighted by molar-refractivity contribution is 7.90. The maximum atomic E-state index is 11.7. The monoisotopic (exact) mass is 403 g/mol. The van der Waals surface area contributed by atoms with E-state index in [4.69, 9.17) is 4.74 Å². The molecule has 0 aromatic heterocycles. The Balaban J connectivity index is 1.57. The molecule has 5 nitrogen and oxygen atoms in total. The van der Waals surface area contributed by atoms with Gasteiger partial charge in [-0.15, -0.1) is 0 Å². The Kier molecular flexibility index (Phi) is 5.73. The Bertz CT molecular complexity index is 961. The van der Waals surface area contributed by atoms with Gasteiger partial charge in [0, 0.05) is 19.3 Å². The summed E-state index contributed by atoms with van der Waals surface area (Å²) in [7, 11) is -3.17. The minimum absolute atomic E-state index is 0.162. The molecule has 1 aliphatic rings. The van der Waals surface area contributed by atoms with E-state index in [0.29, 0.717) is 10.6 Å². The van der Waals surface area contributed by atoms with Gasteiger partial charge in [0.1, 0.15) is 5.60 Å². The van der Waals surface area contributed by atoms with Crippen LogP contribution in [0, 0.1) is 0 Å². The molecule has 2 aromatic rings. The highest BCUT2D eigenvalue weighted by Gasteiger charge is 2.21. The zero-order valence-corrected chi connectivity index (χ0v) is 17.8. The standard InChI is InChI=1S/C22H29NO4S/c1-22(2,3)27-21-12-16(7-10-20(21)24)6-5-11-23-14-17-8-9-19(28(4,25)26)13-18(17)15-23/h7-10,12-13,24H,5-6,11,14-15H2,1-4H3. The normalized spacial score (nSPS) is 14.9. The Morgan fingerprint density at radius 3 is 2.46 bits per heavy atom. The molecule has 0 saturated carbocycles. The number of fused-ring (bicyclic) bond motifs is 1. The third kappa shape index (κ3) is 5.26. The summed E-state index contributed by atoms with van der Waals surface area (Å²) in [6.07, 6.45) is 3.12. The first-order valence-electron chi connectivity index (χ1n) is 9.56. The molecule has 0 spiro atoms. The number of rotatable bonds is 6. The van der Waals surface area contributed by atoms with Gasteiger partial charge in [-0.1, -0.05) is 12.1 Å². The number of aromatic hydroxyl groups is 1. The highest BCUT2D eigenvalue weighted by Crippen LogP contribution is 2.31. The Morgan fingerprint density at radius 1 is 1.07 bits per heavy atom. The number of nitrogens with zero attached hydrogens (tertiary/aromatic N) is 1. The summed E-state index contributed by atoms with van der Waals surface area (Å²) in [5.41, 5.74) is 3.09. The van der Waals surface area contributed by atoms with Gasteiger partial charge in [0.15, 0.2) is 21.3 Å². The van der Waals surface area contributed by atoms with Crippen molar-refractivity contribution in [1.82, 2.24) is 4.90 Å². The minimum Gasteiger partial charge on any atom is -0.504 e. The summed E-state index contributed by atoms with van der Waals surface area (Å²) in [6.45, 7) is 8.44. The fourth-order valence-corrected chi connectivity index (χ4v) is 4.13. The number of sulfone groups is 1. The predicted molar refractivity (Wildman–Crippen MR) is 110 cm³/mol. The summed E-state index contributed by atoms with van der Waals surface area (Å²) in [5, 5.41) is 10.0. The average Bonchev–Trinajstić information content (AvgIpc) is 2.97. The van der Waals surface area contributed by atoms with E-state index in [1.807, 2.05) is 39.0 Å². The van der Waals surface area contributed by atoms with Crippen molar-refractivity contribution in [3.05, 3.63) is 53.1 Å². The lowest BCUT2D eigenvalue weighted by atomic mass is 10.1. The molecule has 0 amide bonds. The second kappa shape index (κ2) is 7.76. The first-order chi connectivity index (χ1) is 13.0. The van der Waals surface area contributed by atoms with E-state index in [2.05, 4.69) is 4.90 Å². The van der Waals surface area contributed by atoms with Gasteiger partial charge in [-0.05, 0) is 81.1 Å². The van der Waals surface area contributed by atoms with E-state index in [-0.39, 0.29) is 11.4 Å². The van der Waals surface area contributed by atoms with E-state index in [9.17, 15) is 13.5 Å². The highest BCUT2D eigenvalue weighted by atomic mass is 32.2. The van der Waals surface area contributed by atoms with Crippen molar-refractivity contribution in [1.29, 1.82) is 0 Å². The van der Waals surface area contributed by atoms with Crippen molar-refractivity contribution in [2.24, 2.45) is 0 Å². The third-order valence-corrected chi connectivity index (χ3v) is 5.88. The maximum Gasteiger partial charge on any atom is 0.175 e. The van der Waals surface area contributed by atoms with Crippen LogP contribution in [0.3, 0.4) is 0 Å². The Labute approximate surface area is 167 Å². The number of ether oxygens (including phenoxy) is 1. The van der Waals surface area contributed by atoms with Crippen LogP contribution in [0.4, 0.5) is 0 Å². The molecule has 0 radical (unpaired) electrons. The lowest BCUT2D eigenvalue weighted by molar-refractivity contribution is 0.126. The zero-order valence-electron chi connectivity index (χ0n) is 17.0. The molecular formula is C22H29NO4S. The van der Waals surface area contributed by atoms with E-state index in [1.54, 1.807) is 18.2 Å². The molecular weight excluding hydrogens is 374 g/mol. The Hall–Kier alpha value is -2.05. The molecule has 0 saturated heterocycles. The number of hydrogen-bond acceptors (Lipinski definition) is 5. The lowest BCUT2D eigenvalue weighted by Crippen LogP contribution is -2.23. The molecule has 1 N–H and O–H groups in total. The van der Waals surface area contributed by atoms with Crippen LogP contribution >= 0.6 is 0 Å². The quantitative estimate of drug-likeness (QED) is 0.792. The van der Waals surface area contributed by atoms with E-state index < -0.39 is 9.84 Å². The smallest absolute Gasteiger partial charge is 0.175 e. The first kappa shape index (κ1) is 20.7. The first-order valence-corrected chi connectivity index (χ1v) is 11.5. The number of aryl methyl sites for hydroxylation is 1. The second-order valence-corrected chi connectivity index (χ2v) is 10.5. The molecule has 2 aromatic carbocycles. The second-order valence-electron chi connectivity index (χ2n) is 8.53. The number of phenols is 1. The van der Waals surface area contributed by atoms with Gasteiger partial charge >= 0.3 is 0 Å². The molecule has 6 heteroatoms. The van der Waals surface area contributed by atoms with Gasteiger partial charge in [-0.2, -0.15) is 0 Å². The summed E-state index contributed by atoms with van der Waals surface area (Å²) < 4.78 is 29.3.